The third-order valence-corrected chi connectivity index (χ3v) is 4.15. The van der Waals surface area contributed by atoms with Crippen molar-refractivity contribution in [3.63, 3.8) is 0 Å². The zero-order chi connectivity index (χ0) is 14.1. The summed E-state index contributed by atoms with van der Waals surface area (Å²) in [5.41, 5.74) is 0.944. The van der Waals surface area contributed by atoms with Gasteiger partial charge < -0.3 is 0 Å². The van der Waals surface area contributed by atoms with Crippen LogP contribution in [-0.4, -0.2) is 40.4 Å². The van der Waals surface area contributed by atoms with E-state index in [9.17, 15) is 0 Å². The fraction of sp³-hybridized carbons (Fsp3) is 0.333. The van der Waals surface area contributed by atoms with Gasteiger partial charge in [-0.05, 0) is 45.8 Å². The van der Waals surface area contributed by atoms with Crippen LogP contribution in [0.2, 0.25) is 0 Å². The van der Waals surface area contributed by atoms with Crippen molar-refractivity contribution in [2.24, 2.45) is 0 Å². The van der Waals surface area contributed by atoms with Crippen LogP contribution in [-0.2, 0) is 5.75 Å². The molecule has 0 atom stereocenters. The van der Waals surface area contributed by atoms with Crippen LogP contribution in [0.15, 0.2) is 35.5 Å². The Labute approximate surface area is 124 Å². The van der Waals surface area contributed by atoms with Crippen LogP contribution in [0.1, 0.15) is 24.7 Å². The van der Waals surface area contributed by atoms with Gasteiger partial charge in [-0.15, -0.1) is 10.2 Å². The Morgan fingerprint density at radius 1 is 1.05 bits per heavy atom. The predicted octanol–water partition coefficient (Wildman–Crippen LogP) is 1.28. The normalized spacial score (nSPS) is 14.5. The van der Waals surface area contributed by atoms with Gasteiger partial charge in [0, 0.05) is 0 Å². The summed E-state index contributed by atoms with van der Waals surface area (Å²) in [6.07, 6.45) is 2.31. The van der Waals surface area contributed by atoms with Crippen LogP contribution in [0.5, 0.6) is 0 Å². The molecule has 21 heavy (non-hydrogen) atoms. The number of para-hydroxylation sites is 1. The van der Waals surface area contributed by atoms with Gasteiger partial charge in [0.25, 0.3) is 0 Å². The van der Waals surface area contributed by atoms with Gasteiger partial charge in [-0.3, -0.25) is 0 Å². The number of aromatic nitrogens is 8. The van der Waals surface area contributed by atoms with Crippen LogP contribution in [0.3, 0.4) is 0 Å². The molecule has 1 aliphatic carbocycles. The van der Waals surface area contributed by atoms with E-state index in [0.717, 1.165) is 29.5 Å². The quantitative estimate of drug-likeness (QED) is 0.656. The lowest BCUT2D eigenvalue weighted by Gasteiger charge is -2.04. The maximum Gasteiger partial charge on any atom is 0.210 e. The number of benzene rings is 1. The lowest BCUT2D eigenvalue weighted by Crippen LogP contribution is -2.03. The molecule has 0 aliphatic heterocycles. The highest BCUT2D eigenvalue weighted by Crippen LogP contribution is 2.36. The van der Waals surface area contributed by atoms with Crippen molar-refractivity contribution < 1.29 is 0 Å². The smallest absolute Gasteiger partial charge is 0.210 e. The van der Waals surface area contributed by atoms with Gasteiger partial charge >= 0.3 is 0 Å². The predicted molar refractivity (Wildman–Crippen MR) is 74.8 cm³/mol. The van der Waals surface area contributed by atoms with E-state index in [1.807, 2.05) is 35.0 Å². The topological polar surface area (TPSA) is 87.2 Å². The molecule has 1 fully saturated rings. The van der Waals surface area contributed by atoms with Crippen LogP contribution in [0, 0.1) is 0 Å². The first-order chi connectivity index (χ1) is 10.4. The van der Waals surface area contributed by atoms with E-state index in [1.54, 1.807) is 16.4 Å². The third kappa shape index (κ3) is 2.51. The van der Waals surface area contributed by atoms with E-state index < -0.39 is 0 Å². The lowest BCUT2D eigenvalue weighted by atomic mass is 10.3. The maximum atomic E-state index is 4.09. The SMILES string of the molecule is c1ccc(-n2nnnc2CSc2nnnn2C2CC2)cc1. The minimum absolute atomic E-state index is 0.465. The molecule has 3 aromatic rings. The van der Waals surface area contributed by atoms with Crippen molar-refractivity contribution in [3.8, 4) is 5.69 Å². The van der Waals surface area contributed by atoms with Gasteiger partial charge in [0.05, 0.1) is 17.5 Å². The highest BCUT2D eigenvalue weighted by molar-refractivity contribution is 7.98. The molecule has 1 aromatic carbocycles. The van der Waals surface area contributed by atoms with Crippen LogP contribution >= 0.6 is 11.8 Å². The molecule has 2 heterocycles. The average Bonchev–Trinajstić information content (AvgIpc) is 3.09. The van der Waals surface area contributed by atoms with Crippen LogP contribution < -0.4 is 0 Å². The number of tetrazole rings is 2. The number of nitrogens with zero attached hydrogens (tertiary/aromatic N) is 8. The minimum atomic E-state index is 0.465. The number of hydrogen-bond acceptors (Lipinski definition) is 7. The Bertz CT molecular complexity index is 733. The Morgan fingerprint density at radius 2 is 1.86 bits per heavy atom. The van der Waals surface area contributed by atoms with Gasteiger partial charge in [-0.25, -0.2) is 4.68 Å². The summed E-state index contributed by atoms with van der Waals surface area (Å²) in [5.74, 6) is 1.39. The highest BCUT2D eigenvalue weighted by atomic mass is 32.2. The molecule has 0 spiro atoms. The summed E-state index contributed by atoms with van der Waals surface area (Å²) in [6, 6.07) is 10.3. The van der Waals surface area contributed by atoms with Crippen molar-refractivity contribution in [2.45, 2.75) is 29.8 Å². The van der Waals surface area contributed by atoms with Crippen molar-refractivity contribution in [1.82, 2.24) is 40.4 Å². The Kier molecular flexibility index (Phi) is 3.11. The second-order valence-electron chi connectivity index (χ2n) is 4.77. The van der Waals surface area contributed by atoms with E-state index in [0.29, 0.717) is 11.8 Å². The molecular formula is C12H12N8S. The van der Waals surface area contributed by atoms with Crippen LogP contribution in [0.4, 0.5) is 0 Å². The third-order valence-electron chi connectivity index (χ3n) is 3.22. The second-order valence-corrected chi connectivity index (χ2v) is 5.71. The molecule has 1 aliphatic rings. The Hall–Kier alpha value is -2.29. The first-order valence-electron chi connectivity index (χ1n) is 6.65. The second kappa shape index (κ2) is 5.24. The monoisotopic (exact) mass is 300 g/mol. The van der Waals surface area contributed by atoms with Gasteiger partial charge in [0.2, 0.25) is 5.16 Å². The first-order valence-corrected chi connectivity index (χ1v) is 7.64. The van der Waals surface area contributed by atoms with Crippen molar-refractivity contribution in [3.05, 3.63) is 36.2 Å². The van der Waals surface area contributed by atoms with Crippen molar-refractivity contribution in [1.29, 1.82) is 0 Å². The molecule has 0 amide bonds. The Morgan fingerprint density at radius 3 is 2.67 bits per heavy atom. The summed E-state index contributed by atoms with van der Waals surface area (Å²) in [6.45, 7) is 0. The largest absolute Gasteiger partial charge is 0.217 e. The molecule has 8 nitrogen and oxygen atoms in total. The summed E-state index contributed by atoms with van der Waals surface area (Å²) >= 11 is 1.55. The van der Waals surface area contributed by atoms with E-state index in [1.165, 1.54) is 0 Å². The fourth-order valence-corrected chi connectivity index (χ4v) is 2.87. The summed E-state index contributed by atoms with van der Waals surface area (Å²) in [4.78, 5) is 0. The maximum absolute atomic E-state index is 4.09. The zero-order valence-electron chi connectivity index (χ0n) is 11.1. The van der Waals surface area contributed by atoms with E-state index >= 15 is 0 Å². The molecule has 0 bridgehead atoms. The summed E-state index contributed by atoms with van der Waals surface area (Å²) < 4.78 is 3.62. The number of hydrogen-bond donors (Lipinski definition) is 0. The van der Waals surface area contributed by atoms with Gasteiger partial charge in [-0.1, -0.05) is 30.0 Å². The minimum Gasteiger partial charge on any atom is -0.217 e. The van der Waals surface area contributed by atoms with Gasteiger partial charge in [0.15, 0.2) is 5.82 Å². The molecule has 0 N–H and O–H groups in total. The molecule has 0 radical (unpaired) electrons. The molecule has 0 saturated heterocycles. The zero-order valence-corrected chi connectivity index (χ0v) is 11.9. The molecule has 0 unspecified atom stereocenters. The standard InChI is InChI=1S/C12H12N8S/c1-2-4-9(5-3-1)19-11(13-15-17-19)8-21-12-14-16-18-20(12)10-6-7-10/h1-5,10H,6-8H2. The number of thioether (sulfide) groups is 1. The van der Waals surface area contributed by atoms with E-state index in [-0.39, 0.29) is 0 Å². The van der Waals surface area contributed by atoms with Gasteiger partial charge in [-0.2, -0.15) is 4.68 Å². The molecular weight excluding hydrogens is 288 g/mol. The summed E-state index contributed by atoms with van der Waals surface area (Å²) in [7, 11) is 0. The molecule has 1 saturated carbocycles. The van der Waals surface area contributed by atoms with E-state index in [2.05, 4.69) is 31.1 Å². The highest BCUT2D eigenvalue weighted by Gasteiger charge is 2.28. The molecule has 4 rings (SSSR count). The van der Waals surface area contributed by atoms with E-state index in [4.69, 9.17) is 0 Å². The molecule has 9 heteroatoms. The van der Waals surface area contributed by atoms with Gasteiger partial charge in [0.1, 0.15) is 0 Å². The van der Waals surface area contributed by atoms with Crippen molar-refractivity contribution in [2.75, 3.05) is 0 Å². The first kappa shape index (κ1) is 12.5. The Balaban J connectivity index is 1.53. The molecule has 106 valence electrons. The number of rotatable bonds is 5. The summed E-state index contributed by atoms with van der Waals surface area (Å²) in [5, 5.41) is 24.6. The lowest BCUT2D eigenvalue weighted by molar-refractivity contribution is 0.565. The molecule has 2 aromatic heterocycles. The average molecular weight is 300 g/mol. The fourth-order valence-electron chi connectivity index (χ4n) is 2.02. The van der Waals surface area contributed by atoms with Crippen LogP contribution in [0.25, 0.3) is 5.69 Å². The van der Waals surface area contributed by atoms with Crippen molar-refractivity contribution >= 4 is 11.8 Å².